The third-order valence-corrected chi connectivity index (χ3v) is 14.8. The molecule has 3 saturated heterocycles. The van der Waals surface area contributed by atoms with Gasteiger partial charge in [0.05, 0.1) is 35.4 Å². The van der Waals surface area contributed by atoms with Crippen LogP contribution < -0.4 is 30.9 Å². The molecule has 16 heteroatoms. The van der Waals surface area contributed by atoms with Gasteiger partial charge < -0.3 is 34.6 Å². The molecule has 0 saturated carbocycles. The van der Waals surface area contributed by atoms with Crippen LogP contribution in [0.1, 0.15) is 72.9 Å². The maximum absolute atomic E-state index is 13.2. The Balaban J connectivity index is 0.817. The van der Waals surface area contributed by atoms with Gasteiger partial charge in [-0.2, -0.15) is 4.98 Å². The first-order valence-corrected chi connectivity index (χ1v) is 24.5. The van der Waals surface area contributed by atoms with Crippen molar-refractivity contribution >= 4 is 82.2 Å². The molecule has 3 aromatic carbocycles. The number of benzene rings is 3. The molecule has 324 valence electrons. The highest BCUT2D eigenvalue weighted by Crippen LogP contribution is 2.45. The van der Waals surface area contributed by atoms with E-state index in [2.05, 4.69) is 47.6 Å². The lowest BCUT2D eigenvalue weighted by Crippen LogP contribution is -2.52. The molecule has 5 heterocycles. The number of aromatic nitrogens is 2. The van der Waals surface area contributed by atoms with Crippen LogP contribution in [0.2, 0.25) is 10.0 Å². The number of fused-ring (bicyclic) bond motifs is 1. The molecule has 1 aromatic heterocycles. The predicted molar refractivity (Wildman–Crippen MR) is 245 cm³/mol. The van der Waals surface area contributed by atoms with Crippen LogP contribution in [-0.2, 0) is 20.7 Å². The van der Waals surface area contributed by atoms with Crippen molar-refractivity contribution in [2.75, 3.05) is 68.7 Å². The van der Waals surface area contributed by atoms with Gasteiger partial charge >= 0.3 is 0 Å². The Labute approximate surface area is 372 Å². The Hall–Kier alpha value is -5.12. The van der Waals surface area contributed by atoms with Gasteiger partial charge in [-0.05, 0) is 113 Å². The summed E-state index contributed by atoms with van der Waals surface area (Å²) in [5.74, 6) is 7.04. The van der Waals surface area contributed by atoms with E-state index in [0.717, 1.165) is 75.2 Å². The van der Waals surface area contributed by atoms with Crippen LogP contribution in [0.4, 0.5) is 28.8 Å². The second-order valence-electron chi connectivity index (χ2n) is 17.0. The molecule has 13 nitrogen and oxygen atoms in total. The molecule has 1 spiro atoms. The van der Waals surface area contributed by atoms with Crippen LogP contribution >= 0.6 is 30.3 Å². The summed E-state index contributed by atoms with van der Waals surface area (Å²) < 4.78 is 18.8. The third kappa shape index (κ3) is 9.44. The molecule has 3 N–H and O–H groups in total. The molecule has 0 bridgehead atoms. The molecule has 1 unspecified atom stereocenters. The second kappa shape index (κ2) is 18.3. The van der Waals surface area contributed by atoms with Gasteiger partial charge in [0.2, 0.25) is 17.8 Å². The molecule has 4 aliphatic heterocycles. The number of piperidine rings is 3. The van der Waals surface area contributed by atoms with Crippen LogP contribution in [0, 0.1) is 17.3 Å². The number of hydrogen-bond donors (Lipinski definition) is 3. The summed E-state index contributed by atoms with van der Waals surface area (Å²) in [4.78, 5) is 52.8. The van der Waals surface area contributed by atoms with Crippen LogP contribution in [0.3, 0.4) is 0 Å². The second-order valence-corrected chi connectivity index (χ2v) is 21.0. The Morgan fingerprint density at radius 3 is 2.45 bits per heavy atom. The highest BCUT2D eigenvalue weighted by Gasteiger charge is 2.40. The van der Waals surface area contributed by atoms with Gasteiger partial charge in [0.1, 0.15) is 24.0 Å². The van der Waals surface area contributed by atoms with E-state index in [1.807, 2.05) is 48.5 Å². The summed E-state index contributed by atoms with van der Waals surface area (Å²) in [6.45, 7) is 8.73. The number of para-hydroxylation sites is 1. The van der Waals surface area contributed by atoms with Crippen molar-refractivity contribution in [1.29, 1.82) is 0 Å². The maximum Gasteiger partial charge on any atom is 0.255 e. The van der Waals surface area contributed by atoms with Crippen molar-refractivity contribution in [3.05, 3.63) is 87.5 Å². The van der Waals surface area contributed by atoms with E-state index in [1.54, 1.807) is 31.4 Å². The number of halogens is 2. The number of amides is 3. The fourth-order valence-corrected chi connectivity index (χ4v) is 10.7. The van der Waals surface area contributed by atoms with Crippen molar-refractivity contribution < 1.29 is 23.7 Å². The predicted octanol–water partition coefficient (Wildman–Crippen LogP) is 7.80. The number of rotatable bonds is 11. The van der Waals surface area contributed by atoms with Gasteiger partial charge in [-0.3, -0.25) is 19.7 Å². The minimum absolute atomic E-state index is 0.181. The Morgan fingerprint density at radius 2 is 1.71 bits per heavy atom. The van der Waals surface area contributed by atoms with Crippen molar-refractivity contribution in [1.82, 2.24) is 25.1 Å². The van der Waals surface area contributed by atoms with Crippen molar-refractivity contribution in [3.63, 3.8) is 0 Å². The highest BCUT2D eigenvalue weighted by atomic mass is 35.5. The molecular weight excluding hydrogens is 846 g/mol. The zero-order valence-electron chi connectivity index (χ0n) is 35.2. The van der Waals surface area contributed by atoms with Gasteiger partial charge in [0, 0.05) is 55.0 Å². The lowest BCUT2D eigenvalue weighted by molar-refractivity contribution is -0.136. The number of methoxy groups -OCH3 is 1. The number of likely N-dealkylation sites (tertiary alicyclic amines) is 1. The number of ether oxygens (including phenoxy) is 1. The molecule has 1 atom stereocenters. The topological polar surface area (TPSA) is 149 Å². The Kier molecular flexibility index (Phi) is 12.9. The standard InChI is InChI=1S/C46H51Cl2N8O5P/c1-61-39-27-38(33(47)26-36(39)51-45-49-28-34(48)42(53-45)50-35-13-6-7-14-40(35)62(2,3)60)55-24-19-46(20-25-55)17-22-54(23-18-46)21-8-4-5-10-30-11-9-12-31-32(30)29-56(44(31)59)37-15-16-41(57)52-43(37)58/h6-7,9,11-14,26-28,37H,4,8,15-25,29H2,1-3H3,(H,52,57,58)(H2,49,50,51,53). The van der Waals surface area contributed by atoms with E-state index < -0.39 is 19.1 Å². The first-order valence-electron chi connectivity index (χ1n) is 21.1. The van der Waals surface area contributed by atoms with Gasteiger partial charge in [-0.15, -0.1) is 0 Å². The molecule has 4 aromatic rings. The summed E-state index contributed by atoms with van der Waals surface area (Å²) in [6, 6.07) is 16.2. The van der Waals surface area contributed by atoms with Gasteiger partial charge in [0.15, 0.2) is 5.82 Å². The molecule has 62 heavy (non-hydrogen) atoms. The van der Waals surface area contributed by atoms with Crippen LogP contribution in [0.15, 0.2) is 60.8 Å². The van der Waals surface area contributed by atoms with Crippen LogP contribution in [0.5, 0.6) is 5.75 Å². The average molecular weight is 898 g/mol. The zero-order valence-corrected chi connectivity index (χ0v) is 37.6. The Bertz CT molecular complexity index is 2500. The van der Waals surface area contributed by atoms with Gasteiger partial charge in [-0.1, -0.05) is 53.2 Å². The monoisotopic (exact) mass is 896 g/mol. The maximum atomic E-state index is 13.2. The third-order valence-electron chi connectivity index (χ3n) is 12.7. The van der Waals surface area contributed by atoms with Crippen LogP contribution in [0.25, 0.3) is 0 Å². The lowest BCUT2D eigenvalue weighted by atomic mass is 9.71. The SMILES string of the molecule is COc1cc(N2CCC3(CCN(CCCC#Cc4cccc5c4CN(C4CCC(=O)NC4=O)C5=O)CC3)CC2)c(Cl)cc1Nc1ncc(Cl)c(Nc2ccccc2P(C)(C)=O)n1. The molecule has 8 rings (SSSR count). The highest BCUT2D eigenvalue weighted by molar-refractivity contribution is 7.70. The number of imide groups is 1. The molecule has 3 amide bonds. The fourth-order valence-electron chi connectivity index (χ4n) is 9.09. The first-order chi connectivity index (χ1) is 29.8. The fraction of sp³-hybridized carbons (Fsp3) is 0.413. The molecule has 3 fully saturated rings. The molecule has 4 aliphatic rings. The normalized spacial score (nSPS) is 18.9. The van der Waals surface area contributed by atoms with E-state index in [4.69, 9.17) is 27.9 Å². The van der Waals surface area contributed by atoms with E-state index in [9.17, 15) is 18.9 Å². The van der Waals surface area contributed by atoms with Crippen LogP contribution in [-0.4, -0.2) is 96.7 Å². The minimum Gasteiger partial charge on any atom is -0.494 e. The minimum atomic E-state index is -2.57. The number of nitrogens with zero attached hydrogens (tertiary/aromatic N) is 5. The number of carbonyl (C=O) groups excluding carboxylic acids is 3. The van der Waals surface area contributed by atoms with Crippen molar-refractivity contribution in [2.24, 2.45) is 5.41 Å². The molecule has 0 aliphatic carbocycles. The Morgan fingerprint density at radius 1 is 0.952 bits per heavy atom. The number of carbonyl (C=O) groups is 3. The zero-order chi connectivity index (χ0) is 43.6. The molecule has 0 radical (unpaired) electrons. The van der Waals surface area contributed by atoms with Gasteiger partial charge in [0.25, 0.3) is 5.91 Å². The average Bonchev–Trinajstić information content (AvgIpc) is 3.59. The summed E-state index contributed by atoms with van der Waals surface area (Å²) in [5.41, 5.74) is 4.81. The summed E-state index contributed by atoms with van der Waals surface area (Å²) >= 11 is 13.5. The largest absolute Gasteiger partial charge is 0.494 e. The van der Waals surface area contributed by atoms with E-state index in [-0.39, 0.29) is 18.2 Å². The van der Waals surface area contributed by atoms with Crippen molar-refractivity contribution in [2.45, 2.75) is 64.0 Å². The summed E-state index contributed by atoms with van der Waals surface area (Å²) in [5, 5.41) is 10.5. The number of unbranched alkanes of at least 4 members (excludes halogenated alkanes) is 1. The van der Waals surface area contributed by atoms with E-state index in [1.165, 1.54) is 19.0 Å². The first kappa shape index (κ1) is 43.5. The summed E-state index contributed by atoms with van der Waals surface area (Å²) in [6.07, 6.45) is 8.33. The van der Waals surface area contributed by atoms with E-state index >= 15 is 0 Å². The number of nitrogens with one attached hydrogen (secondary N) is 3. The summed E-state index contributed by atoms with van der Waals surface area (Å²) in [7, 11) is -0.940. The lowest BCUT2D eigenvalue weighted by Gasteiger charge is -2.47. The van der Waals surface area contributed by atoms with Crippen molar-refractivity contribution in [3.8, 4) is 17.6 Å². The smallest absolute Gasteiger partial charge is 0.255 e. The number of hydrogen-bond acceptors (Lipinski definition) is 11. The van der Waals surface area contributed by atoms with Gasteiger partial charge in [-0.25, -0.2) is 4.98 Å². The number of anilines is 5. The van der Waals surface area contributed by atoms with E-state index in [0.29, 0.717) is 68.2 Å². The molecular formula is C46H51Cl2N8O5P. The quantitative estimate of drug-likeness (QED) is 0.0586.